The summed E-state index contributed by atoms with van der Waals surface area (Å²) in [5.41, 5.74) is 4.11. The van der Waals surface area contributed by atoms with Gasteiger partial charge in [-0.25, -0.2) is 22.2 Å². The molecule has 1 heterocycles. The average Bonchev–Trinajstić information content (AvgIpc) is 2.06. The SMILES string of the molecule is Nc1nc(C(F)F)c(O)cc1S(=O)(=O)Cl. The van der Waals surface area contributed by atoms with Crippen LogP contribution in [0.25, 0.3) is 0 Å². The van der Waals surface area contributed by atoms with Gasteiger partial charge in [0.05, 0.1) is 0 Å². The highest BCUT2D eigenvalue weighted by atomic mass is 35.7. The van der Waals surface area contributed by atoms with E-state index in [1.165, 1.54) is 0 Å². The second-order valence-electron chi connectivity index (χ2n) is 2.51. The fraction of sp³-hybridized carbons (Fsp3) is 0.167. The van der Waals surface area contributed by atoms with Crippen molar-refractivity contribution in [2.75, 3.05) is 5.73 Å². The molecule has 0 spiro atoms. The molecule has 0 aliphatic rings. The van der Waals surface area contributed by atoms with Crippen LogP contribution in [0.3, 0.4) is 0 Å². The highest BCUT2D eigenvalue weighted by Crippen LogP contribution is 2.32. The number of halogens is 3. The Bertz CT molecular complexity index is 491. The van der Waals surface area contributed by atoms with Crippen LogP contribution in [0.1, 0.15) is 12.1 Å². The van der Waals surface area contributed by atoms with E-state index in [1.54, 1.807) is 0 Å². The Morgan fingerprint density at radius 1 is 1.53 bits per heavy atom. The van der Waals surface area contributed by atoms with Crippen molar-refractivity contribution in [1.29, 1.82) is 0 Å². The number of pyridine rings is 1. The van der Waals surface area contributed by atoms with Crippen molar-refractivity contribution in [2.24, 2.45) is 0 Å². The van der Waals surface area contributed by atoms with Gasteiger partial charge in [0.25, 0.3) is 15.5 Å². The van der Waals surface area contributed by atoms with Crippen molar-refractivity contribution in [3.8, 4) is 5.75 Å². The van der Waals surface area contributed by atoms with Gasteiger partial charge in [-0.1, -0.05) is 0 Å². The number of aromatic hydroxyl groups is 1. The van der Waals surface area contributed by atoms with E-state index in [9.17, 15) is 17.2 Å². The fourth-order valence-electron chi connectivity index (χ4n) is 0.870. The minimum Gasteiger partial charge on any atom is -0.506 e. The smallest absolute Gasteiger partial charge is 0.284 e. The van der Waals surface area contributed by atoms with Gasteiger partial charge < -0.3 is 10.8 Å². The van der Waals surface area contributed by atoms with Crippen LogP contribution >= 0.6 is 10.7 Å². The van der Waals surface area contributed by atoms with Gasteiger partial charge in [-0.3, -0.25) is 0 Å². The Balaban J connectivity index is 3.46. The van der Waals surface area contributed by atoms with E-state index in [1.807, 2.05) is 0 Å². The first kappa shape index (κ1) is 11.9. The number of rotatable bonds is 2. The van der Waals surface area contributed by atoms with Crippen LogP contribution < -0.4 is 5.73 Å². The van der Waals surface area contributed by atoms with Crippen molar-refractivity contribution in [2.45, 2.75) is 11.3 Å². The molecule has 3 N–H and O–H groups in total. The number of aromatic nitrogens is 1. The summed E-state index contributed by atoms with van der Waals surface area (Å²) >= 11 is 0. The lowest BCUT2D eigenvalue weighted by Gasteiger charge is -2.06. The van der Waals surface area contributed by atoms with Crippen LogP contribution in [0, 0.1) is 0 Å². The average molecular weight is 259 g/mol. The monoisotopic (exact) mass is 258 g/mol. The molecule has 1 rings (SSSR count). The van der Waals surface area contributed by atoms with E-state index in [0.29, 0.717) is 6.07 Å². The molecule has 0 atom stereocenters. The van der Waals surface area contributed by atoms with Gasteiger partial charge in [0.15, 0.2) is 5.69 Å². The van der Waals surface area contributed by atoms with Crippen LogP contribution in [-0.4, -0.2) is 18.5 Å². The van der Waals surface area contributed by atoms with Crippen molar-refractivity contribution in [3.05, 3.63) is 11.8 Å². The summed E-state index contributed by atoms with van der Waals surface area (Å²) in [4.78, 5) is 2.35. The summed E-state index contributed by atoms with van der Waals surface area (Å²) < 4.78 is 46.0. The first-order chi connectivity index (χ1) is 6.73. The lowest BCUT2D eigenvalue weighted by atomic mass is 10.3. The summed E-state index contributed by atoms with van der Waals surface area (Å²) in [6.45, 7) is 0. The van der Waals surface area contributed by atoms with Crippen molar-refractivity contribution in [1.82, 2.24) is 4.98 Å². The molecule has 1 aromatic heterocycles. The summed E-state index contributed by atoms with van der Waals surface area (Å²) in [5.74, 6) is -1.66. The highest BCUT2D eigenvalue weighted by molar-refractivity contribution is 8.13. The van der Waals surface area contributed by atoms with Crippen LogP contribution in [0.4, 0.5) is 14.6 Å². The van der Waals surface area contributed by atoms with Crippen LogP contribution in [0.5, 0.6) is 5.75 Å². The Labute approximate surface area is 87.9 Å². The van der Waals surface area contributed by atoms with E-state index in [4.69, 9.17) is 21.5 Å². The third-order valence-corrected chi connectivity index (χ3v) is 2.84. The minimum absolute atomic E-state index is 0.534. The number of hydrogen-bond donors (Lipinski definition) is 2. The van der Waals surface area contributed by atoms with Gasteiger partial charge in [0, 0.05) is 16.7 Å². The maximum Gasteiger partial charge on any atom is 0.284 e. The molecule has 0 aromatic carbocycles. The Hall–Kier alpha value is -1.15. The van der Waals surface area contributed by atoms with E-state index in [0.717, 1.165) is 0 Å². The van der Waals surface area contributed by atoms with Gasteiger partial charge in [-0.15, -0.1) is 0 Å². The number of nitrogens with two attached hydrogens (primary N) is 1. The normalized spacial score (nSPS) is 12.0. The van der Waals surface area contributed by atoms with Gasteiger partial charge in [0.1, 0.15) is 16.5 Å². The maximum absolute atomic E-state index is 12.2. The third kappa shape index (κ3) is 2.45. The lowest BCUT2D eigenvalue weighted by molar-refractivity contribution is 0.142. The molecular weight excluding hydrogens is 254 g/mol. The molecule has 9 heteroatoms. The minimum atomic E-state index is -4.22. The number of alkyl halides is 2. The fourth-order valence-corrected chi connectivity index (χ4v) is 1.79. The molecule has 0 saturated heterocycles. The molecule has 0 saturated carbocycles. The van der Waals surface area contributed by atoms with E-state index in [2.05, 4.69) is 4.98 Å². The van der Waals surface area contributed by atoms with Gasteiger partial charge in [0.2, 0.25) is 0 Å². The predicted octanol–water partition coefficient (Wildman–Crippen LogP) is 1.23. The lowest BCUT2D eigenvalue weighted by Crippen LogP contribution is -2.04. The molecule has 0 unspecified atom stereocenters. The molecule has 0 aliphatic carbocycles. The predicted molar refractivity (Wildman–Crippen MR) is 48.3 cm³/mol. The standard InChI is InChI=1S/C6H5ClF2N2O3S/c7-15(13,14)3-1-2(12)4(5(8)9)11-6(3)10/h1,5,12H,(H2,10,11). The molecule has 0 bridgehead atoms. The molecule has 1 aromatic rings. The van der Waals surface area contributed by atoms with Gasteiger partial charge in [-0.2, -0.15) is 0 Å². The zero-order valence-electron chi connectivity index (χ0n) is 6.99. The first-order valence-electron chi connectivity index (χ1n) is 3.45. The van der Waals surface area contributed by atoms with Gasteiger partial charge >= 0.3 is 0 Å². The van der Waals surface area contributed by atoms with Crippen molar-refractivity contribution in [3.63, 3.8) is 0 Å². The highest BCUT2D eigenvalue weighted by Gasteiger charge is 2.22. The van der Waals surface area contributed by atoms with E-state index < -0.39 is 37.6 Å². The first-order valence-corrected chi connectivity index (χ1v) is 5.76. The zero-order chi connectivity index (χ0) is 11.8. The molecule has 0 radical (unpaired) electrons. The number of anilines is 1. The van der Waals surface area contributed by atoms with E-state index >= 15 is 0 Å². The molecular formula is C6H5ClF2N2O3S. The van der Waals surface area contributed by atoms with Gasteiger partial charge in [-0.05, 0) is 0 Å². The summed E-state index contributed by atoms with van der Waals surface area (Å²) in [5, 5.41) is 9.03. The quantitative estimate of drug-likeness (QED) is 0.779. The Morgan fingerprint density at radius 2 is 2.07 bits per heavy atom. The molecule has 5 nitrogen and oxygen atoms in total. The third-order valence-electron chi connectivity index (χ3n) is 1.49. The topological polar surface area (TPSA) is 93.3 Å². The molecule has 0 aliphatic heterocycles. The molecule has 84 valence electrons. The number of hydrogen-bond acceptors (Lipinski definition) is 5. The van der Waals surface area contributed by atoms with E-state index in [-0.39, 0.29) is 0 Å². The van der Waals surface area contributed by atoms with Crippen molar-refractivity contribution >= 4 is 25.6 Å². The summed E-state index contributed by atoms with van der Waals surface area (Å²) in [7, 11) is 0.703. The number of nitrogens with zero attached hydrogens (tertiary/aromatic N) is 1. The zero-order valence-corrected chi connectivity index (χ0v) is 8.56. The van der Waals surface area contributed by atoms with Crippen LogP contribution in [0.2, 0.25) is 0 Å². The molecule has 15 heavy (non-hydrogen) atoms. The summed E-state index contributed by atoms with van der Waals surface area (Å²) in [6.07, 6.45) is -3.06. The maximum atomic E-state index is 12.2. The van der Waals surface area contributed by atoms with Crippen LogP contribution in [-0.2, 0) is 9.05 Å². The second kappa shape index (κ2) is 3.78. The Kier molecular flexibility index (Phi) is 3.00. The van der Waals surface area contributed by atoms with Crippen LogP contribution in [0.15, 0.2) is 11.0 Å². The molecule has 0 fully saturated rings. The van der Waals surface area contributed by atoms with Crippen molar-refractivity contribution < 1.29 is 22.3 Å². The number of nitrogen functional groups attached to an aromatic ring is 1. The summed E-state index contributed by atoms with van der Waals surface area (Å²) in [6, 6.07) is 0.534. The Morgan fingerprint density at radius 3 is 2.47 bits per heavy atom. The molecule has 0 amide bonds. The largest absolute Gasteiger partial charge is 0.506 e. The second-order valence-corrected chi connectivity index (χ2v) is 5.05.